The Balaban J connectivity index is 1.59. The molecule has 0 aliphatic carbocycles. The van der Waals surface area contributed by atoms with Gasteiger partial charge in [0, 0.05) is 17.3 Å². The summed E-state index contributed by atoms with van der Waals surface area (Å²) < 4.78 is 10.6. The SMILES string of the molecule is COc1ccc(C(=O)COc2cccc(NC(=O)c3cccs3)c2)cc1. The van der Waals surface area contributed by atoms with Gasteiger partial charge >= 0.3 is 0 Å². The zero-order chi connectivity index (χ0) is 18.4. The van der Waals surface area contributed by atoms with E-state index in [4.69, 9.17) is 9.47 Å². The predicted molar refractivity (Wildman–Crippen MR) is 102 cm³/mol. The molecule has 5 nitrogen and oxygen atoms in total. The Bertz CT molecular complexity index is 888. The van der Waals surface area contributed by atoms with E-state index in [0.717, 1.165) is 0 Å². The third kappa shape index (κ3) is 4.49. The van der Waals surface area contributed by atoms with Crippen LogP contribution in [0.5, 0.6) is 11.5 Å². The van der Waals surface area contributed by atoms with Crippen molar-refractivity contribution in [3.8, 4) is 11.5 Å². The number of hydrogen-bond acceptors (Lipinski definition) is 5. The molecule has 0 aliphatic rings. The number of amides is 1. The lowest BCUT2D eigenvalue weighted by atomic mass is 10.1. The molecule has 1 heterocycles. The quantitative estimate of drug-likeness (QED) is 0.634. The lowest BCUT2D eigenvalue weighted by Gasteiger charge is -2.09. The second kappa shape index (κ2) is 8.31. The molecule has 1 N–H and O–H groups in total. The number of ether oxygens (including phenoxy) is 2. The van der Waals surface area contributed by atoms with E-state index in [0.29, 0.717) is 27.6 Å². The first-order valence-corrected chi connectivity index (χ1v) is 8.78. The molecule has 2 aromatic carbocycles. The van der Waals surface area contributed by atoms with Crippen LogP contribution in [0.1, 0.15) is 20.0 Å². The molecule has 0 unspecified atom stereocenters. The van der Waals surface area contributed by atoms with Gasteiger partial charge in [-0.15, -0.1) is 11.3 Å². The van der Waals surface area contributed by atoms with Gasteiger partial charge in [-0.3, -0.25) is 9.59 Å². The van der Waals surface area contributed by atoms with Crippen molar-refractivity contribution in [1.82, 2.24) is 0 Å². The Morgan fingerprint density at radius 2 is 1.81 bits per heavy atom. The number of methoxy groups -OCH3 is 1. The first-order valence-electron chi connectivity index (χ1n) is 7.90. The highest BCUT2D eigenvalue weighted by Crippen LogP contribution is 2.20. The van der Waals surface area contributed by atoms with Gasteiger partial charge in [0.05, 0.1) is 12.0 Å². The molecular weight excluding hydrogens is 350 g/mol. The van der Waals surface area contributed by atoms with Crippen LogP contribution in [0, 0.1) is 0 Å². The van der Waals surface area contributed by atoms with Gasteiger partial charge in [-0.2, -0.15) is 0 Å². The van der Waals surface area contributed by atoms with E-state index in [1.807, 2.05) is 11.4 Å². The van der Waals surface area contributed by atoms with Crippen molar-refractivity contribution in [1.29, 1.82) is 0 Å². The average Bonchev–Trinajstić information content (AvgIpc) is 3.21. The summed E-state index contributed by atoms with van der Waals surface area (Å²) in [6, 6.07) is 17.4. The van der Waals surface area contributed by atoms with Gasteiger partial charge in [0.15, 0.2) is 12.4 Å². The smallest absolute Gasteiger partial charge is 0.265 e. The van der Waals surface area contributed by atoms with E-state index < -0.39 is 0 Å². The molecule has 0 aliphatic heterocycles. The van der Waals surface area contributed by atoms with Crippen LogP contribution in [-0.2, 0) is 0 Å². The summed E-state index contributed by atoms with van der Waals surface area (Å²) in [4.78, 5) is 24.9. The fraction of sp³-hybridized carbons (Fsp3) is 0.100. The maximum Gasteiger partial charge on any atom is 0.265 e. The number of Topliss-reactive ketones (excluding diaryl/α,β-unsaturated/α-hetero) is 1. The van der Waals surface area contributed by atoms with Crippen LogP contribution < -0.4 is 14.8 Å². The van der Waals surface area contributed by atoms with Crippen molar-refractivity contribution in [2.24, 2.45) is 0 Å². The largest absolute Gasteiger partial charge is 0.497 e. The highest BCUT2D eigenvalue weighted by Gasteiger charge is 2.09. The molecule has 0 bridgehead atoms. The Morgan fingerprint density at radius 3 is 2.50 bits per heavy atom. The minimum atomic E-state index is -0.175. The molecule has 0 saturated carbocycles. The number of ketones is 1. The molecule has 6 heteroatoms. The monoisotopic (exact) mass is 367 g/mol. The summed E-state index contributed by atoms with van der Waals surface area (Å²) in [6.45, 7) is -0.0886. The molecule has 1 amide bonds. The number of carbonyl (C=O) groups excluding carboxylic acids is 2. The minimum Gasteiger partial charge on any atom is -0.497 e. The zero-order valence-corrected chi connectivity index (χ0v) is 14.9. The van der Waals surface area contributed by atoms with Gasteiger partial charge < -0.3 is 14.8 Å². The molecule has 132 valence electrons. The van der Waals surface area contributed by atoms with Crippen molar-refractivity contribution in [3.05, 3.63) is 76.5 Å². The van der Waals surface area contributed by atoms with Crippen LogP contribution in [0.3, 0.4) is 0 Å². The van der Waals surface area contributed by atoms with Crippen LogP contribution in [-0.4, -0.2) is 25.4 Å². The number of rotatable bonds is 7. The lowest BCUT2D eigenvalue weighted by Crippen LogP contribution is -2.12. The van der Waals surface area contributed by atoms with Crippen LogP contribution in [0.4, 0.5) is 5.69 Å². The van der Waals surface area contributed by atoms with Crippen LogP contribution >= 0.6 is 11.3 Å². The minimum absolute atomic E-state index is 0.0886. The van der Waals surface area contributed by atoms with Gasteiger partial charge in [-0.05, 0) is 47.8 Å². The summed E-state index contributed by atoms with van der Waals surface area (Å²) in [5, 5.41) is 4.66. The van der Waals surface area contributed by atoms with Crippen molar-refractivity contribution < 1.29 is 19.1 Å². The summed E-state index contributed by atoms with van der Waals surface area (Å²) in [6.07, 6.45) is 0. The van der Waals surface area contributed by atoms with Gasteiger partial charge in [0.1, 0.15) is 11.5 Å². The molecule has 3 aromatic rings. The summed E-state index contributed by atoms with van der Waals surface area (Å²) in [7, 11) is 1.57. The van der Waals surface area contributed by atoms with Crippen molar-refractivity contribution in [3.63, 3.8) is 0 Å². The Morgan fingerprint density at radius 1 is 1.00 bits per heavy atom. The van der Waals surface area contributed by atoms with Crippen molar-refractivity contribution in [2.75, 3.05) is 19.0 Å². The predicted octanol–water partition coefficient (Wildman–Crippen LogP) is 4.27. The molecule has 0 spiro atoms. The number of anilines is 1. The average molecular weight is 367 g/mol. The fourth-order valence-electron chi connectivity index (χ4n) is 2.27. The number of carbonyl (C=O) groups is 2. The van der Waals surface area contributed by atoms with Gasteiger partial charge in [0.2, 0.25) is 0 Å². The number of nitrogens with one attached hydrogen (secondary N) is 1. The van der Waals surface area contributed by atoms with E-state index in [9.17, 15) is 9.59 Å². The fourth-order valence-corrected chi connectivity index (χ4v) is 2.89. The molecule has 0 saturated heterocycles. The second-order valence-corrected chi connectivity index (χ2v) is 6.35. The van der Waals surface area contributed by atoms with E-state index in [1.54, 1.807) is 61.7 Å². The number of thiophene rings is 1. The van der Waals surface area contributed by atoms with Gasteiger partial charge in [-0.25, -0.2) is 0 Å². The van der Waals surface area contributed by atoms with Crippen LogP contribution in [0.15, 0.2) is 66.0 Å². The molecular formula is C20H17NO4S. The van der Waals surface area contributed by atoms with Crippen molar-refractivity contribution >= 4 is 28.7 Å². The van der Waals surface area contributed by atoms with E-state index in [2.05, 4.69) is 5.32 Å². The number of hydrogen-bond donors (Lipinski definition) is 1. The Kier molecular flexibility index (Phi) is 5.66. The van der Waals surface area contributed by atoms with Crippen molar-refractivity contribution in [2.45, 2.75) is 0 Å². The van der Waals surface area contributed by atoms with E-state index >= 15 is 0 Å². The highest BCUT2D eigenvalue weighted by atomic mass is 32.1. The lowest BCUT2D eigenvalue weighted by molar-refractivity contribution is 0.0920. The molecule has 3 rings (SSSR count). The third-order valence-corrected chi connectivity index (χ3v) is 4.49. The second-order valence-electron chi connectivity index (χ2n) is 5.40. The normalized spacial score (nSPS) is 10.2. The van der Waals surface area contributed by atoms with Crippen LogP contribution in [0.25, 0.3) is 0 Å². The maximum absolute atomic E-state index is 12.2. The maximum atomic E-state index is 12.2. The van der Waals surface area contributed by atoms with Gasteiger partial charge in [-0.1, -0.05) is 12.1 Å². The molecule has 26 heavy (non-hydrogen) atoms. The standard InChI is InChI=1S/C20H17NO4S/c1-24-16-9-7-14(8-10-16)18(22)13-25-17-5-2-4-15(12-17)21-20(23)19-6-3-11-26-19/h2-12H,13H2,1H3,(H,21,23). The molecule has 0 radical (unpaired) electrons. The molecule has 0 atom stereocenters. The molecule has 1 aromatic heterocycles. The van der Waals surface area contributed by atoms with E-state index in [-0.39, 0.29) is 18.3 Å². The summed E-state index contributed by atoms with van der Waals surface area (Å²) >= 11 is 1.37. The molecule has 0 fully saturated rings. The van der Waals surface area contributed by atoms with Gasteiger partial charge in [0.25, 0.3) is 5.91 Å². The first-order chi connectivity index (χ1) is 12.7. The Labute approximate surface area is 155 Å². The van der Waals surface area contributed by atoms with E-state index in [1.165, 1.54) is 11.3 Å². The highest BCUT2D eigenvalue weighted by molar-refractivity contribution is 7.12. The summed E-state index contributed by atoms with van der Waals surface area (Å²) in [5.41, 5.74) is 1.16. The van der Waals surface area contributed by atoms with Crippen LogP contribution in [0.2, 0.25) is 0 Å². The number of benzene rings is 2. The third-order valence-electron chi connectivity index (χ3n) is 3.62. The first kappa shape index (κ1) is 17.7. The Hall–Kier alpha value is -3.12. The zero-order valence-electron chi connectivity index (χ0n) is 14.1. The topological polar surface area (TPSA) is 64.6 Å². The summed E-state index contributed by atoms with van der Waals surface area (Å²) in [5.74, 6) is 0.889.